The Hall–Kier alpha value is -6.53. The highest BCUT2D eigenvalue weighted by atomic mass is 32.1. The maximum Gasteiger partial charge on any atom is 0.325 e. The lowest BCUT2D eigenvalue weighted by molar-refractivity contribution is -0.133. The van der Waals surface area contributed by atoms with E-state index < -0.39 is 11.6 Å². The number of nitrogens with one attached hydrogen (secondary N) is 4. The third kappa shape index (κ3) is 10.4. The highest BCUT2D eigenvalue weighted by molar-refractivity contribution is 7.16. The Bertz CT molecular complexity index is 2360. The van der Waals surface area contributed by atoms with E-state index in [2.05, 4.69) is 61.0 Å². The van der Waals surface area contributed by atoms with Crippen molar-refractivity contribution in [3.8, 4) is 12.1 Å². The summed E-state index contributed by atoms with van der Waals surface area (Å²) < 4.78 is 0. The molecule has 316 valence electrons. The van der Waals surface area contributed by atoms with Gasteiger partial charge < -0.3 is 26.2 Å². The van der Waals surface area contributed by atoms with Crippen LogP contribution in [0.25, 0.3) is 0 Å². The van der Waals surface area contributed by atoms with Crippen LogP contribution in [0.4, 0.5) is 19.9 Å². The number of nitrogens with zero attached hydrogens (tertiary/aromatic N) is 12. The van der Waals surface area contributed by atoms with E-state index in [1.165, 1.54) is 61.3 Å². The number of anilines is 2. The van der Waals surface area contributed by atoms with Crippen molar-refractivity contribution in [3.05, 3.63) is 69.7 Å². The molecule has 0 atom stereocenters. The minimum atomic E-state index is -0.908. The quantitative estimate of drug-likeness (QED) is 0.166. The van der Waals surface area contributed by atoms with Crippen molar-refractivity contribution in [3.63, 3.8) is 0 Å². The molecule has 0 bridgehead atoms. The Morgan fingerprint density at radius 2 is 1.15 bits per heavy atom. The Balaban J connectivity index is 0.000000184. The summed E-state index contributed by atoms with van der Waals surface area (Å²) in [5.74, 6) is 0.280. The van der Waals surface area contributed by atoms with Crippen molar-refractivity contribution in [2.45, 2.75) is 76.8 Å². The first-order chi connectivity index (χ1) is 29.3. The van der Waals surface area contributed by atoms with Crippen LogP contribution in [0.2, 0.25) is 0 Å². The topological polar surface area (TPSA) is 271 Å². The fourth-order valence-corrected chi connectivity index (χ4v) is 9.31. The summed E-state index contributed by atoms with van der Waals surface area (Å²) in [4.78, 5) is 94.7. The lowest BCUT2D eigenvalue weighted by atomic mass is 9.87. The monoisotopic (exact) mass is 866 g/mol. The fraction of sp³-hybridized carbons (Fsp3) is 0.447. The lowest BCUT2D eigenvalue weighted by Crippen LogP contribution is -2.54. The number of rotatable bonds is 10. The molecule has 4 N–H and O–H groups in total. The van der Waals surface area contributed by atoms with Gasteiger partial charge in [0, 0.05) is 107 Å². The highest BCUT2D eigenvalue weighted by Crippen LogP contribution is 2.33. The second-order valence-electron chi connectivity index (χ2n) is 15.1. The predicted molar refractivity (Wildman–Crippen MR) is 219 cm³/mol. The van der Waals surface area contributed by atoms with Gasteiger partial charge in [-0.25, -0.2) is 39.5 Å². The van der Waals surface area contributed by atoms with Gasteiger partial charge in [-0.15, -0.1) is 22.7 Å². The molecule has 61 heavy (non-hydrogen) atoms. The van der Waals surface area contributed by atoms with E-state index in [1.54, 1.807) is 17.3 Å². The summed E-state index contributed by atoms with van der Waals surface area (Å²) in [5, 5.41) is 30.3. The first-order valence-corrected chi connectivity index (χ1v) is 21.0. The predicted octanol–water partition coefficient (Wildman–Crippen LogP) is 2.17. The van der Waals surface area contributed by atoms with Crippen LogP contribution in [0.15, 0.2) is 37.2 Å². The molecule has 7 amide bonds. The minimum absolute atomic E-state index is 0.0331. The lowest BCUT2D eigenvalue weighted by Gasteiger charge is -2.38. The van der Waals surface area contributed by atoms with Crippen molar-refractivity contribution in [2.24, 2.45) is 0 Å². The molecule has 0 aromatic carbocycles. The number of aromatic nitrogens is 6. The highest BCUT2D eigenvalue weighted by Gasteiger charge is 2.52. The summed E-state index contributed by atoms with van der Waals surface area (Å²) in [6.07, 6.45) is 11.9. The smallest absolute Gasteiger partial charge is 0.325 e. The number of carbonyl (C=O) groups is 5. The van der Waals surface area contributed by atoms with Crippen molar-refractivity contribution < 1.29 is 24.0 Å². The maximum absolute atomic E-state index is 13.1. The van der Waals surface area contributed by atoms with Crippen LogP contribution in [-0.2, 0) is 40.6 Å². The molecule has 0 aliphatic carbocycles. The fourth-order valence-electron chi connectivity index (χ4n) is 7.50. The van der Waals surface area contributed by atoms with E-state index in [9.17, 15) is 24.0 Å². The van der Waals surface area contributed by atoms with Gasteiger partial charge in [-0.2, -0.15) is 10.5 Å². The molecule has 2 spiro atoms. The van der Waals surface area contributed by atoms with Crippen LogP contribution in [0.3, 0.4) is 0 Å². The number of amides is 7. The average molecular weight is 867 g/mol. The Morgan fingerprint density at radius 1 is 0.672 bits per heavy atom. The van der Waals surface area contributed by atoms with Gasteiger partial charge in [-0.05, 0) is 25.7 Å². The van der Waals surface area contributed by atoms with E-state index in [1.807, 2.05) is 12.1 Å². The molecule has 4 aliphatic rings. The summed E-state index contributed by atoms with van der Waals surface area (Å²) >= 11 is 2.91. The van der Waals surface area contributed by atoms with Gasteiger partial charge in [0.05, 0.1) is 29.8 Å². The minimum Gasteiger partial charge on any atom is -0.331 e. The summed E-state index contributed by atoms with van der Waals surface area (Å²) in [5.41, 5.74) is -0.418. The summed E-state index contributed by atoms with van der Waals surface area (Å²) in [6.45, 7) is 8.29. The van der Waals surface area contributed by atoms with Crippen molar-refractivity contribution in [1.29, 1.82) is 10.5 Å². The number of likely N-dealkylation sites (tertiary alicyclic amines) is 2. The number of imide groups is 1. The molecule has 4 aromatic rings. The molecular weight excluding hydrogens is 825 g/mol. The molecule has 8 heterocycles. The zero-order valence-corrected chi connectivity index (χ0v) is 35.0. The van der Waals surface area contributed by atoms with E-state index in [0.29, 0.717) is 78.6 Å². The molecule has 0 unspecified atom stereocenters. The number of thiazole rings is 2. The molecule has 4 saturated heterocycles. The number of hydrogen-bond acceptors (Lipinski definition) is 17. The first-order valence-electron chi connectivity index (χ1n) is 19.4. The molecule has 4 fully saturated rings. The zero-order chi connectivity index (χ0) is 43.1. The van der Waals surface area contributed by atoms with Gasteiger partial charge in [0.1, 0.15) is 29.3 Å². The van der Waals surface area contributed by atoms with Gasteiger partial charge >= 0.3 is 12.1 Å². The molecule has 4 aromatic heterocycles. The molecule has 0 saturated carbocycles. The Labute approximate surface area is 358 Å². The van der Waals surface area contributed by atoms with E-state index in [0.717, 1.165) is 47.1 Å². The van der Waals surface area contributed by atoms with Gasteiger partial charge in [0.15, 0.2) is 10.3 Å². The van der Waals surface area contributed by atoms with Gasteiger partial charge in [0.25, 0.3) is 5.91 Å². The number of carbonyl (C=O) groups excluding carboxylic acids is 5. The van der Waals surface area contributed by atoms with Crippen LogP contribution >= 0.6 is 22.7 Å². The van der Waals surface area contributed by atoms with Gasteiger partial charge in [-0.3, -0.25) is 29.1 Å². The second kappa shape index (κ2) is 18.4. The Kier molecular flexibility index (Phi) is 12.8. The third-order valence-electron chi connectivity index (χ3n) is 10.7. The van der Waals surface area contributed by atoms with Crippen molar-refractivity contribution in [2.75, 3.05) is 43.4 Å². The average Bonchev–Trinajstić information content (AvgIpc) is 4.00. The van der Waals surface area contributed by atoms with Crippen molar-refractivity contribution >= 4 is 62.7 Å². The largest absolute Gasteiger partial charge is 0.331 e. The van der Waals surface area contributed by atoms with E-state index in [4.69, 9.17) is 10.5 Å². The van der Waals surface area contributed by atoms with Crippen LogP contribution < -0.4 is 21.3 Å². The normalized spacial score (nSPS) is 18.2. The molecular formula is C38H42N16O5S2. The SMILES string of the molecule is CC(=O)Nc1ncc(CN2CCC3(CC2)CN(Cc2ncc(C#N)cn2)C(=O)N3)s1.CC(=O)Nc1ncc(CN2CCC3(CC2)NC(=O)N(Cc2ncc(C#N)cn2)C3=O)s1. The van der Waals surface area contributed by atoms with E-state index in [-0.39, 0.29) is 35.8 Å². The van der Waals surface area contributed by atoms with Crippen LogP contribution in [0, 0.1) is 22.7 Å². The first kappa shape index (κ1) is 42.6. The van der Waals surface area contributed by atoms with Crippen molar-refractivity contribution in [1.82, 2.24) is 60.1 Å². The van der Waals surface area contributed by atoms with Crippen LogP contribution in [-0.4, -0.2) is 123 Å². The van der Waals surface area contributed by atoms with Crippen LogP contribution in [0.5, 0.6) is 0 Å². The molecule has 21 nitrogen and oxygen atoms in total. The maximum atomic E-state index is 13.1. The molecule has 8 rings (SSSR count). The number of hydrogen-bond donors (Lipinski definition) is 4. The van der Waals surface area contributed by atoms with Gasteiger partial charge in [0.2, 0.25) is 11.8 Å². The van der Waals surface area contributed by atoms with E-state index >= 15 is 0 Å². The number of nitriles is 2. The summed E-state index contributed by atoms with van der Waals surface area (Å²) in [6, 6.07) is 3.37. The standard InChI is InChI=1S/C19H20N8O3S.C19H22N8O2S/c1-12(28)24-17-23-9-14(31-17)10-26-4-2-19(3-5-26)16(29)27(18(30)25-19)11-15-21-7-13(6-20)8-22-15;1-13(28)24-17-23-9-15(30-17)10-26-4-2-19(3-5-26)12-27(18(29)25-19)11-16-21-7-14(6-20)8-22-16/h7-9H,2-5,10-11H2,1H3,(H,25,30)(H,23,24,28);7-9H,2-5,10-12H2,1H3,(H,25,29)(H,23,24,28). The van der Waals surface area contributed by atoms with Gasteiger partial charge in [-0.1, -0.05) is 0 Å². The second-order valence-corrected chi connectivity index (χ2v) is 17.4. The molecule has 4 aliphatic heterocycles. The Morgan fingerprint density at radius 3 is 1.62 bits per heavy atom. The molecule has 23 heteroatoms. The number of piperidine rings is 2. The van der Waals surface area contributed by atoms with Crippen LogP contribution in [0.1, 0.15) is 72.1 Å². The molecule has 0 radical (unpaired) electrons. The third-order valence-corrected chi connectivity index (χ3v) is 12.4. The number of urea groups is 2. The zero-order valence-electron chi connectivity index (χ0n) is 33.4. The summed E-state index contributed by atoms with van der Waals surface area (Å²) in [7, 11) is 0.